The van der Waals surface area contributed by atoms with Gasteiger partial charge in [0.15, 0.2) is 5.82 Å². The second-order valence-corrected chi connectivity index (χ2v) is 8.17. The molecular formula is C22H26N4O2S. The molecule has 0 bridgehead atoms. The molecule has 29 heavy (non-hydrogen) atoms. The molecule has 2 N–H and O–H groups in total. The van der Waals surface area contributed by atoms with Crippen LogP contribution >= 0.6 is 11.8 Å². The van der Waals surface area contributed by atoms with Crippen LogP contribution in [0.1, 0.15) is 42.3 Å². The summed E-state index contributed by atoms with van der Waals surface area (Å²) in [5.74, 6) is 2.05. The largest absolute Gasteiger partial charge is 0.486 e. The van der Waals surface area contributed by atoms with Gasteiger partial charge in [-0.25, -0.2) is 4.98 Å². The summed E-state index contributed by atoms with van der Waals surface area (Å²) < 4.78 is 5.75. The van der Waals surface area contributed by atoms with Gasteiger partial charge in [0.05, 0.1) is 5.75 Å². The van der Waals surface area contributed by atoms with Gasteiger partial charge in [-0.15, -0.1) is 5.10 Å². The van der Waals surface area contributed by atoms with Crippen molar-refractivity contribution < 1.29 is 9.53 Å². The Morgan fingerprint density at radius 3 is 2.62 bits per heavy atom. The molecular weight excluding hydrogens is 384 g/mol. The fourth-order valence-corrected chi connectivity index (χ4v) is 3.40. The third-order valence-electron chi connectivity index (χ3n) is 4.42. The molecule has 0 aliphatic heterocycles. The lowest BCUT2D eigenvalue weighted by Crippen LogP contribution is -2.15. The summed E-state index contributed by atoms with van der Waals surface area (Å²) >= 11 is 1.28. The average molecular weight is 411 g/mol. The number of amides is 1. The van der Waals surface area contributed by atoms with Crippen molar-refractivity contribution >= 4 is 23.4 Å². The molecule has 7 heteroatoms. The van der Waals surface area contributed by atoms with E-state index in [9.17, 15) is 4.79 Å². The fourth-order valence-electron chi connectivity index (χ4n) is 2.78. The van der Waals surface area contributed by atoms with E-state index in [1.165, 1.54) is 22.9 Å². The van der Waals surface area contributed by atoms with Gasteiger partial charge in [-0.05, 0) is 49.1 Å². The third-order valence-corrected chi connectivity index (χ3v) is 5.27. The molecule has 0 saturated heterocycles. The number of aryl methyl sites for hydroxylation is 2. The zero-order chi connectivity index (χ0) is 20.8. The van der Waals surface area contributed by atoms with Crippen molar-refractivity contribution in [1.29, 1.82) is 0 Å². The average Bonchev–Trinajstić information content (AvgIpc) is 3.15. The van der Waals surface area contributed by atoms with E-state index in [0.29, 0.717) is 23.5 Å². The predicted octanol–water partition coefficient (Wildman–Crippen LogP) is 4.85. The van der Waals surface area contributed by atoms with E-state index in [4.69, 9.17) is 4.74 Å². The molecule has 2 aromatic carbocycles. The minimum atomic E-state index is -0.0882. The molecule has 3 aromatic rings. The summed E-state index contributed by atoms with van der Waals surface area (Å²) in [6, 6.07) is 14.0. The summed E-state index contributed by atoms with van der Waals surface area (Å²) in [6.07, 6.45) is 0. The molecule has 3 rings (SSSR count). The molecule has 0 fully saturated rings. The molecule has 1 amide bonds. The summed E-state index contributed by atoms with van der Waals surface area (Å²) in [5.41, 5.74) is 4.31. The van der Waals surface area contributed by atoms with E-state index in [-0.39, 0.29) is 11.7 Å². The zero-order valence-electron chi connectivity index (χ0n) is 17.2. The lowest BCUT2D eigenvalue weighted by molar-refractivity contribution is -0.113. The Labute approximate surface area is 175 Å². The third kappa shape index (κ3) is 6.09. The zero-order valence-corrected chi connectivity index (χ0v) is 18.0. The van der Waals surface area contributed by atoms with Crippen LogP contribution in [0.4, 0.5) is 5.69 Å². The van der Waals surface area contributed by atoms with Crippen LogP contribution in [0.2, 0.25) is 0 Å². The Hall–Kier alpha value is -2.80. The number of anilines is 1. The van der Waals surface area contributed by atoms with E-state index in [0.717, 1.165) is 17.0 Å². The number of carbonyl (C=O) groups is 1. The highest BCUT2D eigenvalue weighted by Crippen LogP contribution is 2.20. The van der Waals surface area contributed by atoms with Crippen molar-refractivity contribution in [3.05, 3.63) is 65.0 Å². The SMILES string of the molecule is Cc1ccc(NC(=O)CSc2n[nH]c(COc3ccc(C(C)C)cc3)n2)c(C)c1. The molecule has 1 heterocycles. The number of rotatable bonds is 8. The number of ether oxygens (including phenoxy) is 1. The first-order valence-electron chi connectivity index (χ1n) is 9.54. The lowest BCUT2D eigenvalue weighted by atomic mass is 10.0. The van der Waals surface area contributed by atoms with Crippen molar-refractivity contribution in [2.75, 3.05) is 11.1 Å². The number of thioether (sulfide) groups is 1. The Kier molecular flexibility index (Phi) is 6.93. The topological polar surface area (TPSA) is 79.9 Å². The molecule has 0 saturated carbocycles. The number of hydrogen-bond acceptors (Lipinski definition) is 5. The number of aromatic nitrogens is 3. The quantitative estimate of drug-likeness (QED) is 0.519. The first-order chi connectivity index (χ1) is 13.9. The highest BCUT2D eigenvalue weighted by atomic mass is 32.2. The Morgan fingerprint density at radius 1 is 1.17 bits per heavy atom. The molecule has 0 spiro atoms. The fraction of sp³-hybridized carbons (Fsp3) is 0.318. The number of aromatic amines is 1. The second kappa shape index (κ2) is 9.60. The van der Waals surface area contributed by atoms with Gasteiger partial charge in [0.25, 0.3) is 0 Å². The molecule has 6 nitrogen and oxygen atoms in total. The summed E-state index contributed by atoms with van der Waals surface area (Å²) in [7, 11) is 0. The predicted molar refractivity (Wildman–Crippen MR) is 117 cm³/mol. The molecule has 0 radical (unpaired) electrons. The maximum Gasteiger partial charge on any atom is 0.234 e. The van der Waals surface area contributed by atoms with Crippen molar-refractivity contribution in [3.8, 4) is 5.75 Å². The lowest BCUT2D eigenvalue weighted by Gasteiger charge is -2.08. The maximum absolute atomic E-state index is 12.2. The summed E-state index contributed by atoms with van der Waals surface area (Å²) in [6.45, 7) is 8.62. The number of nitrogens with one attached hydrogen (secondary N) is 2. The van der Waals surface area contributed by atoms with Crippen molar-refractivity contribution in [1.82, 2.24) is 15.2 Å². The van der Waals surface area contributed by atoms with Crippen LogP contribution in [0.15, 0.2) is 47.6 Å². The summed E-state index contributed by atoms with van der Waals surface area (Å²) in [5, 5.41) is 10.4. The van der Waals surface area contributed by atoms with E-state index in [1.807, 2.05) is 44.2 Å². The van der Waals surface area contributed by atoms with E-state index >= 15 is 0 Å². The number of hydrogen-bond donors (Lipinski definition) is 2. The first kappa shape index (κ1) is 20.9. The smallest absolute Gasteiger partial charge is 0.234 e. The van der Waals surface area contributed by atoms with Crippen LogP contribution in [-0.2, 0) is 11.4 Å². The standard InChI is InChI=1S/C22H26N4O2S/c1-14(2)17-6-8-18(9-7-17)28-12-20-24-22(26-25-20)29-13-21(27)23-19-10-5-15(3)11-16(19)4/h5-11,14H,12-13H2,1-4H3,(H,23,27)(H,24,25,26). The highest BCUT2D eigenvalue weighted by molar-refractivity contribution is 7.99. The van der Waals surface area contributed by atoms with Gasteiger partial charge in [0.2, 0.25) is 11.1 Å². The van der Waals surface area contributed by atoms with Crippen LogP contribution in [0.5, 0.6) is 5.75 Å². The van der Waals surface area contributed by atoms with Crippen LogP contribution in [-0.4, -0.2) is 26.8 Å². The first-order valence-corrected chi connectivity index (χ1v) is 10.5. The monoisotopic (exact) mass is 410 g/mol. The van der Waals surface area contributed by atoms with Crippen molar-refractivity contribution in [3.63, 3.8) is 0 Å². The maximum atomic E-state index is 12.2. The Balaban J connectivity index is 1.46. The number of nitrogens with zero attached hydrogens (tertiary/aromatic N) is 2. The van der Waals surface area contributed by atoms with Gasteiger partial charge in [-0.3, -0.25) is 9.89 Å². The molecule has 0 aliphatic rings. The summed E-state index contributed by atoms with van der Waals surface area (Å²) in [4.78, 5) is 16.6. The van der Waals surface area contributed by atoms with Gasteiger partial charge < -0.3 is 10.1 Å². The minimum Gasteiger partial charge on any atom is -0.486 e. The van der Waals surface area contributed by atoms with Crippen LogP contribution < -0.4 is 10.1 Å². The number of H-pyrrole nitrogens is 1. The van der Waals surface area contributed by atoms with Gasteiger partial charge in [0, 0.05) is 5.69 Å². The van der Waals surface area contributed by atoms with Gasteiger partial charge in [0.1, 0.15) is 12.4 Å². The van der Waals surface area contributed by atoms with Gasteiger partial charge in [-0.1, -0.05) is 55.4 Å². The second-order valence-electron chi connectivity index (χ2n) is 7.23. The van der Waals surface area contributed by atoms with Crippen molar-refractivity contribution in [2.24, 2.45) is 0 Å². The molecule has 0 aliphatic carbocycles. The Morgan fingerprint density at radius 2 is 1.93 bits per heavy atom. The molecule has 0 unspecified atom stereocenters. The number of carbonyl (C=O) groups excluding carboxylic acids is 1. The highest BCUT2D eigenvalue weighted by Gasteiger charge is 2.10. The molecule has 1 aromatic heterocycles. The van der Waals surface area contributed by atoms with E-state index in [1.54, 1.807) is 0 Å². The van der Waals surface area contributed by atoms with Crippen molar-refractivity contribution in [2.45, 2.75) is 45.4 Å². The van der Waals surface area contributed by atoms with Crippen LogP contribution in [0.25, 0.3) is 0 Å². The van der Waals surface area contributed by atoms with Crippen LogP contribution in [0, 0.1) is 13.8 Å². The Bertz CT molecular complexity index is 967. The van der Waals surface area contributed by atoms with Crippen LogP contribution in [0.3, 0.4) is 0 Å². The molecule has 0 atom stereocenters. The normalized spacial score (nSPS) is 10.9. The van der Waals surface area contributed by atoms with E-state index in [2.05, 4.69) is 46.5 Å². The number of benzene rings is 2. The van der Waals surface area contributed by atoms with Gasteiger partial charge in [-0.2, -0.15) is 0 Å². The van der Waals surface area contributed by atoms with E-state index < -0.39 is 0 Å². The minimum absolute atomic E-state index is 0.0882. The molecule has 152 valence electrons. The van der Waals surface area contributed by atoms with Gasteiger partial charge >= 0.3 is 0 Å².